The summed E-state index contributed by atoms with van der Waals surface area (Å²) in [5.41, 5.74) is 0.960. The molecule has 1 fully saturated rings. The molecule has 0 aromatic heterocycles. The Morgan fingerprint density at radius 2 is 1.90 bits per heavy atom. The van der Waals surface area contributed by atoms with E-state index in [2.05, 4.69) is 5.32 Å². The van der Waals surface area contributed by atoms with Crippen LogP contribution in [0.1, 0.15) is 37.7 Å². The second-order valence-corrected chi connectivity index (χ2v) is 5.84. The summed E-state index contributed by atoms with van der Waals surface area (Å²) < 4.78 is 5.35. The van der Waals surface area contributed by atoms with Crippen molar-refractivity contribution in [3.05, 3.63) is 35.9 Å². The third-order valence-electron chi connectivity index (χ3n) is 4.48. The van der Waals surface area contributed by atoms with E-state index in [1.807, 2.05) is 30.3 Å². The average Bonchev–Trinajstić information content (AvgIpc) is 2.55. The molecule has 3 heteroatoms. The van der Waals surface area contributed by atoms with Crippen molar-refractivity contribution in [1.29, 1.82) is 0 Å². The molecule has 0 spiro atoms. The van der Waals surface area contributed by atoms with Gasteiger partial charge in [0.05, 0.1) is 7.11 Å². The van der Waals surface area contributed by atoms with E-state index in [1.54, 1.807) is 7.11 Å². The van der Waals surface area contributed by atoms with Crippen molar-refractivity contribution in [2.24, 2.45) is 0 Å². The van der Waals surface area contributed by atoms with E-state index in [0.717, 1.165) is 28.6 Å². The zero-order valence-electron chi connectivity index (χ0n) is 12.6. The van der Waals surface area contributed by atoms with Crippen LogP contribution in [0, 0.1) is 0 Å². The lowest BCUT2D eigenvalue weighted by atomic mass is 9.95. The number of hydrogen-bond acceptors (Lipinski definition) is 3. The summed E-state index contributed by atoms with van der Waals surface area (Å²) in [6, 6.07) is 10.4. The van der Waals surface area contributed by atoms with Crippen LogP contribution in [0.25, 0.3) is 10.8 Å². The second kappa shape index (κ2) is 6.35. The minimum absolute atomic E-state index is 0.370. The van der Waals surface area contributed by atoms with E-state index in [0.29, 0.717) is 11.8 Å². The highest BCUT2D eigenvalue weighted by Crippen LogP contribution is 2.34. The fourth-order valence-corrected chi connectivity index (χ4v) is 3.24. The van der Waals surface area contributed by atoms with Gasteiger partial charge in [0.25, 0.3) is 0 Å². The molecule has 0 radical (unpaired) electrons. The highest BCUT2D eigenvalue weighted by atomic mass is 16.5. The van der Waals surface area contributed by atoms with Crippen molar-refractivity contribution < 1.29 is 9.84 Å². The van der Waals surface area contributed by atoms with Gasteiger partial charge in [0, 0.05) is 28.9 Å². The van der Waals surface area contributed by atoms with Crippen molar-refractivity contribution in [3.8, 4) is 11.5 Å². The Kier molecular flexibility index (Phi) is 4.30. The van der Waals surface area contributed by atoms with Crippen LogP contribution in [0.3, 0.4) is 0 Å². The third-order valence-corrected chi connectivity index (χ3v) is 4.48. The van der Waals surface area contributed by atoms with Gasteiger partial charge >= 0.3 is 0 Å². The van der Waals surface area contributed by atoms with E-state index in [4.69, 9.17) is 4.74 Å². The molecule has 1 aliphatic carbocycles. The summed E-state index contributed by atoms with van der Waals surface area (Å²) in [6.45, 7) is 0.726. The summed E-state index contributed by atoms with van der Waals surface area (Å²) in [4.78, 5) is 0. The van der Waals surface area contributed by atoms with Gasteiger partial charge in [-0.2, -0.15) is 0 Å². The number of fused-ring (bicyclic) bond motifs is 1. The zero-order chi connectivity index (χ0) is 14.7. The third kappa shape index (κ3) is 2.98. The number of aromatic hydroxyl groups is 1. The number of phenols is 1. The molecule has 0 aliphatic heterocycles. The first kappa shape index (κ1) is 14.2. The van der Waals surface area contributed by atoms with E-state index in [-0.39, 0.29) is 0 Å². The van der Waals surface area contributed by atoms with Crippen molar-refractivity contribution in [2.75, 3.05) is 7.11 Å². The van der Waals surface area contributed by atoms with Crippen LogP contribution in [0.4, 0.5) is 0 Å². The van der Waals surface area contributed by atoms with Gasteiger partial charge in [-0.15, -0.1) is 0 Å². The van der Waals surface area contributed by atoms with Crippen LogP contribution in [0.15, 0.2) is 30.3 Å². The van der Waals surface area contributed by atoms with Crippen LogP contribution in [0.2, 0.25) is 0 Å². The number of benzene rings is 2. The Bertz CT molecular complexity index is 618. The molecular weight excluding hydrogens is 262 g/mol. The van der Waals surface area contributed by atoms with E-state index in [1.165, 1.54) is 32.1 Å². The first-order chi connectivity index (χ1) is 10.3. The molecule has 0 amide bonds. The first-order valence-electron chi connectivity index (χ1n) is 7.80. The van der Waals surface area contributed by atoms with Crippen LogP contribution in [-0.4, -0.2) is 18.3 Å². The molecule has 0 bridgehead atoms. The maximum atomic E-state index is 10.5. The monoisotopic (exact) mass is 285 g/mol. The highest BCUT2D eigenvalue weighted by Gasteiger charge is 2.14. The largest absolute Gasteiger partial charge is 0.507 e. The molecule has 2 aromatic carbocycles. The number of methoxy groups -OCH3 is 1. The minimum atomic E-state index is 0.370. The molecule has 3 rings (SSSR count). The lowest BCUT2D eigenvalue weighted by Crippen LogP contribution is -2.30. The van der Waals surface area contributed by atoms with E-state index >= 15 is 0 Å². The summed E-state index contributed by atoms with van der Waals surface area (Å²) >= 11 is 0. The molecule has 0 unspecified atom stereocenters. The number of phenolic OH excluding ortho intramolecular Hbond substituents is 1. The molecule has 112 valence electrons. The summed E-state index contributed by atoms with van der Waals surface area (Å²) in [7, 11) is 1.66. The quantitative estimate of drug-likeness (QED) is 0.893. The Labute approximate surface area is 125 Å². The Morgan fingerprint density at radius 3 is 2.67 bits per heavy atom. The molecule has 21 heavy (non-hydrogen) atoms. The van der Waals surface area contributed by atoms with Gasteiger partial charge in [-0.05, 0) is 18.9 Å². The summed E-state index contributed by atoms with van der Waals surface area (Å²) in [5, 5.41) is 15.9. The van der Waals surface area contributed by atoms with Crippen LogP contribution >= 0.6 is 0 Å². The Morgan fingerprint density at radius 1 is 1.10 bits per heavy atom. The van der Waals surface area contributed by atoms with Crippen LogP contribution in [-0.2, 0) is 6.54 Å². The molecule has 2 aromatic rings. The molecule has 0 saturated heterocycles. The fourth-order valence-electron chi connectivity index (χ4n) is 3.24. The second-order valence-electron chi connectivity index (χ2n) is 5.84. The minimum Gasteiger partial charge on any atom is -0.507 e. The number of rotatable bonds is 4. The van der Waals surface area contributed by atoms with Crippen LogP contribution < -0.4 is 10.1 Å². The van der Waals surface area contributed by atoms with Gasteiger partial charge in [-0.1, -0.05) is 43.5 Å². The predicted octanol–water partition coefficient (Wildman–Crippen LogP) is 3.98. The average molecular weight is 285 g/mol. The molecule has 1 saturated carbocycles. The topological polar surface area (TPSA) is 41.5 Å². The molecule has 3 nitrogen and oxygen atoms in total. The van der Waals surface area contributed by atoms with Gasteiger partial charge in [-0.25, -0.2) is 0 Å². The van der Waals surface area contributed by atoms with Gasteiger partial charge in [0.2, 0.25) is 0 Å². The van der Waals surface area contributed by atoms with Crippen molar-refractivity contribution in [1.82, 2.24) is 5.32 Å². The first-order valence-corrected chi connectivity index (χ1v) is 7.80. The molecule has 0 heterocycles. The van der Waals surface area contributed by atoms with Crippen molar-refractivity contribution >= 4 is 10.8 Å². The van der Waals surface area contributed by atoms with Crippen molar-refractivity contribution in [3.63, 3.8) is 0 Å². The molecular formula is C18H23NO2. The van der Waals surface area contributed by atoms with Gasteiger partial charge in [0.1, 0.15) is 11.5 Å². The van der Waals surface area contributed by atoms with Gasteiger partial charge in [0.15, 0.2) is 0 Å². The molecule has 2 N–H and O–H groups in total. The van der Waals surface area contributed by atoms with Crippen LogP contribution in [0.5, 0.6) is 11.5 Å². The number of hydrogen-bond donors (Lipinski definition) is 2. The highest BCUT2D eigenvalue weighted by molar-refractivity contribution is 5.93. The smallest absolute Gasteiger partial charge is 0.128 e. The Balaban J connectivity index is 1.81. The van der Waals surface area contributed by atoms with Crippen molar-refractivity contribution in [2.45, 2.75) is 44.7 Å². The summed E-state index contributed by atoms with van der Waals surface area (Å²) in [5.74, 6) is 1.17. The van der Waals surface area contributed by atoms with Gasteiger partial charge in [-0.3, -0.25) is 0 Å². The normalized spacial score (nSPS) is 16.2. The number of ether oxygens (including phenoxy) is 1. The standard InChI is InChI=1S/C18H23NO2/c1-21-17-9-5-8-16-15(17)11-10-13(18(16)20)12-19-14-6-3-2-4-7-14/h5,8-11,14,19-20H,2-4,6-7,12H2,1H3. The van der Waals surface area contributed by atoms with E-state index in [9.17, 15) is 5.11 Å². The maximum Gasteiger partial charge on any atom is 0.128 e. The maximum absolute atomic E-state index is 10.5. The lowest BCUT2D eigenvalue weighted by Gasteiger charge is -2.23. The SMILES string of the molecule is COc1cccc2c(O)c(CNC3CCCCC3)ccc12. The molecule has 1 aliphatic rings. The summed E-state index contributed by atoms with van der Waals surface area (Å²) in [6.07, 6.45) is 6.50. The number of nitrogens with one attached hydrogen (secondary N) is 1. The Hall–Kier alpha value is -1.74. The predicted molar refractivity (Wildman–Crippen MR) is 85.9 cm³/mol. The fraction of sp³-hybridized carbons (Fsp3) is 0.444. The zero-order valence-corrected chi connectivity index (χ0v) is 12.6. The van der Waals surface area contributed by atoms with E-state index < -0.39 is 0 Å². The molecule has 0 atom stereocenters. The van der Waals surface area contributed by atoms with Gasteiger partial charge < -0.3 is 15.2 Å². The lowest BCUT2D eigenvalue weighted by molar-refractivity contribution is 0.369.